The van der Waals surface area contributed by atoms with Crippen LogP contribution in [0.3, 0.4) is 0 Å². The Balaban J connectivity index is 1.64. The zero-order valence-corrected chi connectivity index (χ0v) is 14.6. The molecule has 3 rings (SSSR count). The van der Waals surface area contributed by atoms with E-state index >= 15 is 0 Å². The van der Waals surface area contributed by atoms with Crippen LogP contribution in [0.15, 0.2) is 54.9 Å². The molecule has 1 heterocycles. The van der Waals surface area contributed by atoms with Gasteiger partial charge in [0.15, 0.2) is 0 Å². The Morgan fingerprint density at radius 1 is 1.08 bits per heavy atom. The van der Waals surface area contributed by atoms with Gasteiger partial charge in [0.05, 0.1) is 5.56 Å². The van der Waals surface area contributed by atoms with Gasteiger partial charge in [0.1, 0.15) is 5.82 Å². The molecule has 0 aliphatic rings. The molecule has 0 spiro atoms. The van der Waals surface area contributed by atoms with Gasteiger partial charge in [0.25, 0.3) is 5.91 Å². The number of carbonyl (C=O) groups is 1. The molecule has 6 heteroatoms. The van der Waals surface area contributed by atoms with Crippen LogP contribution in [-0.4, -0.2) is 15.9 Å². The van der Waals surface area contributed by atoms with Gasteiger partial charge in [-0.15, -0.1) is 0 Å². The number of nitrogens with zero attached hydrogens (tertiary/aromatic N) is 2. The molecule has 0 saturated carbocycles. The first-order valence-electron chi connectivity index (χ1n) is 8.21. The molecule has 132 valence electrons. The molecule has 0 unspecified atom stereocenters. The number of hydrogen-bond donors (Lipinski definition) is 2. The van der Waals surface area contributed by atoms with Crippen LogP contribution >= 0.6 is 0 Å². The third-order valence-corrected chi connectivity index (χ3v) is 3.95. The van der Waals surface area contributed by atoms with Crippen molar-refractivity contribution in [2.24, 2.45) is 0 Å². The maximum atomic E-state index is 13.6. The summed E-state index contributed by atoms with van der Waals surface area (Å²) in [6.07, 6.45) is 2.88. The van der Waals surface area contributed by atoms with E-state index in [0.29, 0.717) is 17.1 Å². The summed E-state index contributed by atoms with van der Waals surface area (Å²) in [6.45, 7) is 4.16. The fraction of sp³-hybridized carbons (Fsp3) is 0.150. The Morgan fingerprint density at radius 2 is 1.81 bits per heavy atom. The van der Waals surface area contributed by atoms with Crippen molar-refractivity contribution in [3.05, 3.63) is 82.9 Å². The van der Waals surface area contributed by atoms with Crippen molar-refractivity contribution in [2.75, 3.05) is 10.6 Å². The number of aromatic nitrogens is 2. The van der Waals surface area contributed by atoms with Gasteiger partial charge in [0.2, 0.25) is 5.95 Å². The summed E-state index contributed by atoms with van der Waals surface area (Å²) in [5.41, 5.74) is 3.68. The van der Waals surface area contributed by atoms with Crippen molar-refractivity contribution >= 4 is 17.5 Å². The maximum Gasteiger partial charge on any atom is 0.258 e. The number of carbonyl (C=O) groups excluding carboxylic acids is 1. The van der Waals surface area contributed by atoms with Gasteiger partial charge in [0, 0.05) is 30.2 Å². The molecule has 0 aliphatic heterocycles. The summed E-state index contributed by atoms with van der Waals surface area (Å²) >= 11 is 0. The third kappa shape index (κ3) is 4.22. The van der Waals surface area contributed by atoms with E-state index in [1.165, 1.54) is 18.5 Å². The second kappa shape index (κ2) is 7.74. The molecule has 0 saturated heterocycles. The van der Waals surface area contributed by atoms with E-state index in [0.717, 1.165) is 16.8 Å². The van der Waals surface area contributed by atoms with Crippen LogP contribution < -0.4 is 10.6 Å². The number of aryl methyl sites for hydroxylation is 2. The van der Waals surface area contributed by atoms with Gasteiger partial charge in [-0.25, -0.2) is 14.4 Å². The summed E-state index contributed by atoms with van der Waals surface area (Å²) in [6, 6.07) is 12.4. The minimum absolute atomic E-state index is 0.265. The van der Waals surface area contributed by atoms with Gasteiger partial charge >= 0.3 is 0 Å². The van der Waals surface area contributed by atoms with E-state index in [-0.39, 0.29) is 18.3 Å². The van der Waals surface area contributed by atoms with E-state index in [1.54, 1.807) is 18.2 Å². The van der Waals surface area contributed by atoms with E-state index in [4.69, 9.17) is 0 Å². The normalized spacial score (nSPS) is 10.4. The van der Waals surface area contributed by atoms with Crippen LogP contribution in [0.2, 0.25) is 0 Å². The van der Waals surface area contributed by atoms with Gasteiger partial charge in [-0.3, -0.25) is 4.79 Å². The highest BCUT2D eigenvalue weighted by molar-refractivity contribution is 6.04. The fourth-order valence-electron chi connectivity index (χ4n) is 2.42. The number of rotatable bonds is 5. The minimum Gasteiger partial charge on any atom is -0.350 e. The monoisotopic (exact) mass is 350 g/mol. The Bertz CT molecular complexity index is 925. The lowest BCUT2D eigenvalue weighted by atomic mass is 10.1. The summed E-state index contributed by atoms with van der Waals surface area (Å²) in [7, 11) is 0. The Hall–Kier alpha value is -3.28. The van der Waals surface area contributed by atoms with Crippen molar-refractivity contribution in [3.63, 3.8) is 0 Å². The number of amides is 1. The van der Waals surface area contributed by atoms with E-state index < -0.39 is 0 Å². The fourth-order valence-corrected chi connectivity index (χ4v) is 2.42. The van der Waals surface area contributed by atoms with Crippen molar-refractivity contribution in [2.45, 2.75) is 20.4 Å². The van der Waals surface area contributed by atoms with Crippen LogP contribution in [-0.2, 0) is 6.54 Å². The first-order chi connectivity index (χ1) is 12.5. The number of anilines is 2. The maximum absolute atomic E-state index is 13.6. The Kier molecular flexibility index (Phi) is 5.22. The topological polar surface area (TPSA) is 66.9 Å². The van der Waals surface area contributed by atoms with E-state index in [9.17, 15) is 9.18 Å². The highest BCUT2D eigenvalue weighted by Gasteiger charge is 2.10. The van der Waals surface area contributed by atoms with E-state index in [1.807, 2.05) is 32.0 Å². The van der Waals surface area contributed by atoms with E-state index in [2.05, 4.69) is 20.6 Å². The molecule has 2 aromatic carbocycles. The summed E-state index contributed by atoms with van der Waals surface area (Å²) in [5.74, 6) is -0.236. The van der Waals surface area contributed by atoms with Crippen LogP contribution in [0, 0.1) is 19.7 Å². The molecule has 0 aliphatic carbocycles. The van der Waals surface area contributed by atoms with Crippen LogP contribution in [0.4, 0.5) is 16.0 Å². The number of nitrogens with one attached hydrogen (secondary N) is 2. The zero-order chi connectivity index (χ0) is 18.5. The van der Waals surface area contributed by atoms with Gasteiger partial charge in [-0.2, -0.15) is 0 Å². The first-order valence-corrected chi connectivity index (χ1v) is 8.21. The highest BCUT2D eigenvalue weighted by atomic mass is 19.1. The SMILES string of the molecule is Cc1ccc(C)c(NC(=O)c2cnc(NCc3ccccc3F)nc2)c1. The molecule has 1 amide bonds. The predicted molar refractivity (Wildman–Crippen MR) is 99.6 cm³/mol. The summed E-state index contributed by atoms with van der Waals surface area (Å²) in [5, 5.41) is 5.80. The predicted octanol–water partition coefficient (Wildman–Crippen LogP) is 4.10. The molecular formula is C20H19FN4O. The second-order valence-electron chi connectivity index (χ2n) is 6.01. The molecule has 1 aromatic heterocycles. The summed E-state index contributed by atoms with van der Waals surface area (Å²) in [4.78, 5) is 20.6. The minimum atomic E-state index is -0.287. The molecule has 0 fully saturated rings. The molecular weight excluding hydrogens is 331 g/mol. The van der Waals surface area contributed by atoms with Gasteiger partial charge in [-0.05, 0) is 37.1 Å². The first kappa shape index (κ1) is 17.5. The molecule has 0 atom stereocenters. The number of halogens is 1. The van der Waals surface area contributed by atoms with Crippen LogP contribution in [0.5, 0.6) is 0 Å². The van der Waals surface area contributed by atoms with Crippen molar-refractivity contribution in [3.8, 4) is 0 Å². The standard InChI is InChI=1S/C20H19FN4O/c1-13-7-8-14(2)18(9-13)25-19(26)16-11-23-20(24-12-16)22-10-15-5-3-4-6-17(15)21/h3-9,11-12H,10H2,1-2H3,(H,25,26)(H,22,23,24). The lowest BCUT2D eigenvalue weighted by Gasteiger charge is -2.10. The zero-order valence-electron chi connectivity index (χ0n) is 14.6. The van der Waals surface area contributed by atoms with Crippen molar-refractivity contribution < 1.29 is 9.18 Å². The van der Waals surface area contributed by atoms with Gasteiger partial charge < -0.3 is 10.6 Å². The molecule has 26 heavy (non-hydrogen) atoms. The molecule has 3 aromatic rings. The number of hydrogen-bond acceptors (Lipinski definition) is 4. The van der Waals surface area contributed by atoms with Crippen LogP contribution in [0.1, 0.15) is 27.0 Å². The smallest absolute Gasteiger partial charge is 0.258 e. The Morgan fingerprint density at radius 3 is 2.54 bits per heavy atom. The van der Waals surface area contributed by atoms with Crippen molar-refractivity contribution in [1.82, 2.24) is 9.97 Å². The quantitative estimate of drug-likeness (QED) is 0.727. The molecule has 5 nitrogen and oxygen atoms in total. The highest BCUT2D eigenvalue weighted by Crippen LogP contribution is 2.17. The average Bonchev–Trinajstić information content (AvgIpc) is 2.64. The lowest BCUT2D eigenvalue weighted by Crippen LogP contribution is -2.14. The van der Waals surface area contributed by atoms with Crippen molar-refractivity contribution in [1.29, 1.82) is 0 Å². The molecule has 2 N–H and O–H groups in total. The number of benzene rings is 2. The van der Waals surface area contributed by atoms with Gasteiger partial charge in [-0.1, -0.05) is 30.3 Å². The van der Waals surface area contributed by atoms with Crippen LogP contribution in [0.25, 0.3) is 0 Å². The molecule has 0 bridgehead atoms. The average molecular weight is 350 g/mol. The third-order valence-electron chi connectivity index (χ3n) is 3.95. The summed E-state index contributed by atoms with van der Waals surface area (Å²) < 4.78 is 13.6. The largest absolute Gasteiger partial charge is 0.350 e. The second-order valence-corrected chi connectivity index (χ2v) is 6.01. The molecule has 0 radical (unpaired) electrons. The Labute approximate surface area is 151 Å². The lowest BCUT2D eigenvalue weighted by molar-refractivity contribution is 0.102.